The lowest BCUT2D eigenvalue weighted by atomic mass is 10.0. The molecule has 1 amide bonds. The molecule has 0 saturated carbocycles. The first-order valence-corrected chi connectivity index (χ1v) is 12.1. The molecule has 1 fully saturated rings. The molecule has 1 aromatic heterocycles. The molecule has 4 rings (SSSR count). The molecule has 0 bridgehead atoms. The van der Waals surface area contributed by atoms with Crippen LogP contribution in [0.25, 0.3) is 10.8 Å². The largest absolute Gasteiger partial charge is 0.377 e. The van der Waals surface area contributed by atoms with Crippen LogP contribution in [0.5, 0.6) is 0 Å². The number of rotatable bonds is 9. The summed E-state index contributed by atoms with van der Waals surface area (Å²) in [6.07, 6.45) is 4.41. The number of aromatic nitrogens is 1. The second-order valence-corrected chi connectivity index (χ2v) is 8.94. The molecule has 2 aromatic carbocycles. The van der Waals surface area contributed by atoms with Crippen LogP contribution in [-0.4, -0.2) is 71.3 Å². The molecule has 6 nitrogen and oxygen atoms in total. The fourth-order valence-corrected chi connectivity index (χ4v) is 4.54. The lowest BCUT2D eigenvalue weighted by Gasteiger charge is -2.42. The molecule has 1 saturated heterocycles. The van der Waals surface area contributed by atoms with Crippen LogP contribution in [0.2, 0.25) is 0 Å². The van der Waals surface area contributed by atoms with Crippen molar-refractivity contribution in [1.29, 1.82) is 0 Å². The zero-order valence-electron chi connectivity index (χ0n) is 18.8. The first kappa shape index (κ1) is 23.7. The van der Waals surface area contributed by atoms with Gasteiger partial charge in [0.25, 0.3) is 5.91 Å². The van der Waals surface area contributed by atoms with Crippen LogP contribution >= 0.6 is 12.6 Å². The SMILES string of the molecule is N[C@@H](CS)CN1CCN(C(=O)c2cccc3ccccc23)C[C@@H]1CCOCc1cccnc1. The number of fused-ring (bicyclic) bond motifs is 1. The van der Waals surface area contributed by atoms with Gasteiger partial charge in [-0.3, -0.25) is 14.7 Å². The number of carbonyl (C=O) groups excluding carboxylic acids is 1. The summed E-state index contributed by atoms with van der Waals surface area (Å²) in [5.41, 5.74) is 8.03. The molecule has 0 radical (unpaired) electrons. The summed E-state index contributed by atoms with van der Waals surface area (Å²) in [5, 5.41) is 2.09. The van der Waals surface area contributed by atoms with E-state index in [0.717, 1.165) is 41.4 Å². The summed E-state index contributed by atoms with van der Waals surface area (Å²) in [4.78, 5) is 22.0. The minimum Gasteiger partial charge on any atom is -0.377 e. The van der Waals surface area contributed by atoms with Gasteiger partial charge in [0.2, 0.25) is 0 Å². The van der Waals surface area contributed by atoms with Gasteiger partial charge in [0.15, 0.2) is 0 Å². The lowest BCUT2D eigenvalue weighted by Crippen LogP contribution is -2.57. The molecule has 2 N–H and O–H groups in total. The van der Waals surface area contributed by atoms with Crippen molar-refractivity contribution in [3.63, 3.8) is 0 Å². The normalized spacial score (nSPS) is 17.9. The lowest BCUT2D eigenvalue weighted by molar-refractivity contribution is 0.0317. The van der Waals surface area contributed by atoms with Crippen LogP contribution in [0.15, 0.2) is 67.0 Å². The van der Waals surface area contributed by atoms with E-state index in [0.29, 0.717) is 32.1 Å². The highest BCUT2D eigenvalue weighted by atomic mass is 32.1. The van der Waals surface area contributed by atoms with E-state index >= 15 is 0 Å². The maximum Gasteiger partial charge on any atom is 0.254 e. The molecular formula is C26H32N4O2S. The first-order valence-electron chi connectivity index (χ1n) is 11.5. The minimum atomic E-state index is 0.00691. The average molecular weight is 465 g/mol. The zero-order valence-corrected chi connectivity index (χ0v) is 19.7. The van der Waals surface area contributed by atoms with Crippen molar-refractivity contribution in [2.75, 3.05) is 38.5 Å². The number of piperazine rings is 1. The molecule has 2 heterocycles. The Labute approximate surface area is 201 Å². The predicted octanol–water partition coefficient (Wildman–Crippen LogP) is 3.23. The predicted molar refractivity (Wildman–Crippen MR) is 136 cm³/mol. The Morgan fingerprint density at radius 1 is 1.15 bits per heavy atom. The van der Waals surface area contributed by atoms with Crippen LogP contribution < -0.4 is 5.73 Å². The second kappa shape index (κ2) is 11.6. The maximum atomic E-state index is 13.5. The second-order valence-electron chi connectivity index (χ2n) is 8.57. The van der Waals surface area contributed by atoms with Crippen molar-refractivity contribution in [3.8, 4) is 0 Å². The van der Waals surface area contributed by atoms with Crippen LogP contribution in [0.3, 0.4) is 0 Å². The number of hydrogen-bond acceptors (Lipinski definition) is 6. The number of ether oxygens (including phenoxy) is 1. The number of hydrogen-bond donors (Lipinski definition) is 2. The van der Waals surface area contributed by atoms with Crippen LogP contribution in [0.4, 0.5) is 0 Å². The van der Waals surface area contributed by atoms with E-state index in [4.69, 9.17) is 10.5 Å². The number of thiol groups is 1. The van der Waals surface area contributed by atoms with E-state index in [1.54, 1.807) is 6.20 Å². The summed E-state index contributed by atoms with van der Waals surface area (Å²) in [7, 11) is 0. The van der Waals surface area contributed by atoms with Gasteiger partial charge in [-0.2, -0.15) is 12.6 Å². The Hall–Kier alpha value is -2.45. The number of benzene rings is 2. The third-order valence-corrected chi connectivity index (χ3v) is 6.67. The molecule has 0 unspecified atom stereocenters. The molecular weight excluding hydrogens is 432 g/mol. The zero-order chi connectivity index (χ0) is 23.0. The molecule has 0 spiro atoms. The monoisotopic (exact) mass is 464 g/mol. The topological polar surface area (TPSA) is 71.7 Å². The van der Waals surface area contributed by atoms with Crippen molar-refractivity contribution in [2.24, 2.45) is 5.73 Å². The molecule has 1 aliphatic heterocycles. The van der Waals surface area contributed by atoms with Crippen molar-refractivity contribution in [3.05, 3.63) is 78.1 Å². The average Bonchev–Trinajstić information content (AvgIpc) is 2.87. The molecule has 7 heteroatoms. The van der Waals surface area contributed by atoms with Crippen LogP contribution in [0, 0.1) is 0 Å². The summed E-state index contributed by atoms with van der Waals surface area (Å²) in [6.45, 7) is 4.07. The molecule has 174 valence electrons. The van der Waals surface area contributed by atoms with Crippen LogP contribution in [-0.2, 0) is 11.3 Å². The Kier molecular flexibility index (Phi) is 8.34. The highest BCUT2D eigenvalue weighted by Crippen LogP contribution is 2.22. The number of nitrogens with two attached hydrogens (primary N) is 1. The summed E-state index contributed by atoms with van der Waals surface area (Å²) in [6, 6.07) is 18.1. The van der Waals surface area contributed by atoms with Gasteiger partial charge in [0.1, 0.15) is 0 Å². The molecule has 1 aliphatic rings. The third kappa shape index (κ3) is 6.12. The van der Waals surface area contributed by atoms with Gasteiger partial charge in [-0.1, -0.05) is 42.5 Å². The summed E-state index contributed by atoms with van der Waals surface area (Å²) in [5.74, 6) is 0.727. The third-order valence-electron chi connectivity index (χ3n) is 6.20. The van der Waals surface area contributed by atoms with Crippen molar-refractivity contribution >= 4 is 29.3 Å². The van der Waals surface area contributed by atoms with E-state index in [1.807, 2.05) is 65.7 Å². The Morgan fingerprint density at radius 3 is 2.82 bits per heavy atom. The standard InChI is InChI=1S/C26H32N4O2S/c27-22(19-33)16-29-12-13-30(17-23(29)10-14-32-18-20-5-4-11-28-15-20)26(31)25-9-3-7-21-6-1-2-8-24(21)25/h1-9,11,15,22-23,33H,10,12-14,16-19,27H2/t22-,23+/m1/s1. The minimum absolute atomic E-state index is 0.00691. The van der Waals surface area contributed by atoms with Crippen LogP contribution in [0.1, 0.15) is 22.3 Å². The van der Waals surface area contributed by atoms with E-state index in [1.165, 1.54) is 0 Å². The van der Waals surface area contributed by atoms with Gasteiger partial charge in [0.05, 0.1) is 6.61 Å². The van der Waals surface area contributed by atoms with Crippen molar-refractivity contribution < 1.29 is 9.53 Å². The summed E-state index contributed by atoms with van der Waals surface area (Å²) < 4.78 is 5.92. The molecule has 3 aromatic rings. The smallest absolute Gasteiger partial charge is 0.254 e. The first-order chi connectivity index (χ1) is 16.2. The van der Waals surface area contributed by atoms with Gasteiger partial charge in [0, 0.05) is 68.6 Å². The van der Waals surface area contributed by atoms with Crippen molar-refractivity contribution in [2.45, 2.75) is 25.1 Å². The maximum absolute atomic E-state index is 13.5. The van der Waals surface area contributed by atoms with Crippen molar-refractivity contribution in [1.82, 2.24) is 14.8 Å². The van der Waals surface area contributed by atoms with Gasteiger partial charge >= 0.3 is 0 Å². The number of amides is 1. The Balaban J connectivity index is 1.43. The summed E-state index contributed by atoms with van der Waals surface area (Å²) >= 11 is 4.36. The van der Waals surface area contributed by atoms with E-state index < -0.39 is 0 Å². The van der Waals surface area contributed by atoms with E-state index in [-0.39, 0.29) is 18.0 Å². The number of pyridine rings is 1. The highest BCUT2D eigenvalue weighted by molar-refractivity contribution is 7.80. The van der Waals surface area contributed by atoms with E-state index in [2.05, 4.69) is 22.5 Å². The number of nitrogens with zero attached hydrogens (tertiary/aromatic N) is 3. The molecule has 33 heavy (non-hydrogen) atoms. The fraction of sp³-hybridized carbons (Fsp3) is 0.385. The Bertz CT molecular complexity index is 1040. The number of carbonyl (C=O) groups is 1. The van der Waals surface area contributed by atoms with Gasteiger partial charge in [-0.25, -0.2) is 0 Å². The fourth-order valence-electron chi connectivity index (χ4n) is 4.43. The Morgan fingerprint density at radius 2 is 2.00 bits per heavy atom. The molecule has 2 atom stereocenters. The van der Waals surface area contributed by atoms with E-state index in [9.17, 15) is 4.79 Å². The van der Waals surface area contributed by atoms with Gasteiger partial charge in [-0.15, -0.1) is 0 Å². The highest BCUT2D eigenvalue weighted by Gasteiger charge is 2.31. The van der Waals surface area contributed by atoms with Gasteiger partial charge in [-0.05, 0) is 34.9 Å². The molecule has 0 aliphatic carbocycles. The van der Waals surface area contributed by atoms with Gasteiger partial charge < -0.3 is 15.4 Å². The quantitative estimate of drug-likeness (QED) is 0.376.